The van der Waals surface area contributed by atoms with Gasteiger partial charge in [-0.05, 0) is 48.9 Å². The third kappa shape index (κ3) is 11.9. The Hall–Kier alpha value is -1.06. The van der Waals surface area contributed by atoms with Crippen LogP contribution in [-0.4, -0.2) is 17.3 Å². The number of rotatable bonds is 20. The van der Waals surface area contributed by atoms with Gasteiger partial charge in [0, 0.05) is 5.56 Å². The number of methoxy groups -OCH3 is 1. The summed E-state index contributed by atoms with van der Waals surface area (Å²) in [6.07, 6.45) is 21.1. The van der Waals surface area contributed by atoms with Crippen LogP contribution in [-0.2, 0) is 12.8 Å². The third-order valence-corrected chi connectivity index (χ3v) is 6.48. The van der Waals surface area contributed by atoms with E-state index < -0.39 is 6.29 Å². The first-order chi connectivity index (χ1) is 15.2. The van der Waals surface area contributed by atoms with E-state index in [4.69, 9.17) is 4.74 Å². The largest absolute Gasteiger partial charge is 0.496 e. The lowest BCUT2D eigenvalue weighted by molar-refractivity contribution is -0.0432. The molecule has 0 spiro atoms. The summed E-state index contributed by atoms with van der Waals surface area (Å²) in [6.45, 7) is 4.52. The van der Waals surface area contributed by atoms with E-state index in [1.807, 2.05) is 12.1 Å². The Balaban J connectivity index is 2.58. The van der Waals surface area contributed by atoms with Crippen molar-refractivity contribution in [3.05, 3.63) is 28.8 Å². The van der Waals surface area contributed by atoms with Gasteiger partial charge in [0.2, 0.25) is 0 Å². The monoisotopic (exact) mass is 434 g/mol. The fourth-order valence-corrected chi connectivity index (χ4v) is 4.56. The van der Waals surface area contributed by atoms with Crippen molar-refractivity contribution >= 4 is 0 Å². The SMILES string of the molecule is CCCCCCCCCCc1c(OC)ccc(C(O)O)c1CCCCCCCCCC. The summed E-state index contributed by atoms with van der Waals surface area (Å²) in [5.74, 6) is 0.905. The van der Waals surface area contributed by atoms with Crippen molar-refractivity contribution in [2.75, 3.05) is 7.11 Å². The van der Waals surface area contributed by atoms with Crippen molar-refractivity contribution in [3.63, 3.8) is 0 Å². The molecular weight excluding hydrogens is 384 g/mol. The highest BCUT2D eigenvalue weighted by molar-refractivity contribution is 5.46. The number of aliphatic hydroxyl groups excluding tert-OH is 1. The lowest BCUT2D eigenvalue weighted by Crippen LogP contribution is -2.07. The Morgan fingerprint density at radius 3 is 1.45 bits per heavy atom. The van der Waals surface area contributed by atoms with Crippen LogP contribution in [0.25, 0.3) is 0 Å². The molecule has 0 aliphatic heterocycles. The molecule has 3 nitrogen and oxygen atoms in total. The van der Waals surface area contributed by atoms with E-state index in [1.165, 1.54) is 95.5 Å². The van der Waals surface area contributed by atoms with Gasteiger partial charge in [-0.15, -0.1) is 0 Å². The first-order valence-corrected chi connectivity index (χ1v) is 13.2. The molecule has 0 atom stereocenters. The first-order valence-electron chi connectivity index (χ1n) is 13.2. The molecule has 2 N–H and O–H groups in total. The van der Waals surface area contributed by atoms with Gasteiger partial charge in [-0.3, -0.25) is 0 Å². The van der Waals surface area contributed by atoms with Gasteiger partial charge in [0.1, 0.15) is 5.75 Å². The van der Waals surface area contributed by atoms with Gasteiger partial charge in [0.05, 0.1) is 7.11 Å². The van der Waals surface area contributed by atoms with E-state index >= 15 is 0 Å². The average molecular weight is 435 g/mol. The number of benzene rings is 1. The maximum absolute atomic E-state index is 9.94. The molecule has 0 bridgehead atoms. The molecule has 0 heterocycles. The van der Waals surface area contributed by atoms with Crippen molar-refractivity contribution in [3.8, 4) is 5.75 Å². The molecule has 1 rings (SSSR count). The minimum atomic E-state index is -1.41. The van der Waals surface area contributed by atoms with Crippen LogP contribution < -0.4 is 4.74 Å². The van der Waals surface area contributed by atoms with Gasteiger partial charge in [-0.25, -0.2) is 0 Å². The normalized spacial score (nSPS) is 11.4. The summed E-state index contributed by atoms with van der Waals surface area (Å²) in [6, 6.07) is 3.74. The Kier molecular flexibility index (Phi) is 16.7. The molecule has 0 fully saturated rings. The molecule has 0 aliphatic carbocycles. The van der Waals surface area contributed by atoms with E-state index in [1.54, 1.807) is 7.11 Å². The predicted molar refractivity (Wildman–Crippen MR) is 133 cm³/mol. The van der Waals surface area contributed by atoms with Crippen molar-refractivity contribution in [1.82, 2.24) is 0 Å². The number of hydrogen-bond acceptors (Lipinski definition) is 3. The number of unbranched alkanes of at least 4 members (excludes halogenated alkanes) is 14. The fraction of sp³-hybridized carbons (Fsp3) is 0.786. The average Bonchev–Trinajstić information content (AvgIpc) is 2.77. The molecule has 0 saturated carbocycles. The topological polar surface area (TPSA) is 49.7 Å². The molecule has 0 aliphatic rings. The Bertz CT molecular complexity index is 553. The van der Waals surface area contributed by atoms with Crippen LogP contribution in [0.2, 0.25) is 0 Å². The first kappa shape index (κ1) is 28.0. The second-order valence-electron chi connectivity index (χ2n) is 9.14. The molecule has 0 amide bonds. The van der Waals surface area contributed by atoms with Gasteiger partial charge < -0.3 is 14.9 Å². The Morgan fingerprint density at radius 1 is 0.613 bits per heavy atom. The maximum atomic E-state index is 9.94. The van der Waals surface area contributed by atoms with E-state index in [9.17, 15) is 10.2 Å². The van der Waals surface area contributed by atoms with Gasteiger partial charge in [0.15, 0.2) is 6.29 Å². The molecule has 3 heteroatoms. The zero-order valence-corrected chi connectivity index (χ0v) is 20.8. The van der Waals surface area contributed by atoms with Crippen LogP contribution in [0.1, 0.15) is 140 Å². The highest BCUT2D eigenvalue weighted by Crippen LogP contribution is 2.32. The minimum Gasteiger partial charge on any atom is -0.496 e. The van der Waals surface area contributed by atoms with Crippen molar-refractivity contribution in [2.45, 2.75) is 136 Å². The van der Waals surface area contributed by atoms with Crippen molar-refractivity contribution in [1.29, 1.82) is 0 Å². The summed E-state index contributed by atoms with van der Waals surface area (Å²) in [5.41, 5.74) is 2.98. The molecule has 0 radical (unpaired) electrons. The molecule has 1 aromatic carbocycles. The van der Waals surface area contributed by atoms with Crippen LogP contribution in [0.15, 0.2) is 12.1 Å². The molecule has 1 aromatic rings. The van der Waals surface area contributed by atoms with E-state index in [-0.39, 0.29) is 0 Å². The summed E-state index contributed by atoms with van der Waals surface area (Å²) >= 11 is 0. The second-order valence-corrected chi connectivity index (χ2v) is 9.14. The highest BCUT2D eigenvalue weighted by atomic mass is 16.5. The second kappa shape index (κ2) is 18.5. The van der Waals surface area contributed by atoms with Crippen LogP contribution in [0.3, 0.4) is 0 Å². The van der Waals surface area contributed by atoms with Crippen molar-refractivity contribution < 1.29 is 14.9 Å². The summed E-state index contributed by atoms with van der Waals surface area (Å²) in [5, 5.41) is 19.9. The fourth-order valence-electron chi connectivity index (χ4n) is 4.56. The Labute approximate surface area is 192 Å². The van der Waals surface area contributed by atoms with Crippen molar-refractivity contribution in [2.24, 2.45) is 0 Å². The quantitative estimate of drug-likeness (QED) is 0.161. The summed E-state index contributed by atoms with van der Waals surface area (Å²) < 4.78 is 5.66. The molecule has 0 unspecified atom stereocenters. The van der Waals surface area contributed by atoms with E-state index in [0.717, 1.165) is 37.0 Å². The van der Waals surface area contributed by atoms with Crippen LogP contribution in [0.4, 0.5) is 0 Å². The molecule has 0 saturated heterocycles. The van der Waals surface area contributed by atoms with Gasteiger partial charge in [-0.1, -0.05) is 104 Å². The maximum Gasteiger partial charge on any atom is 0.178 e. The van der Waals surface area contributed by atoms with E-state index in [0.29, 0.717) is 5.56 Å². The molecular formula is C28H50O3. The minimum absolute atomic E-state index is 0.665. The third-order valence-electron chi connectivity index (χ3n) is 6.48. The summed E-state index contributed by atoms with van der Waals surface area (Å²) in [7, 11) is 1.72. The van der Waals surface area contributed by atoms with E-state index in [2.05, 4.69) is 13.8 Å². The zero-order chi connectivity index (χ0) is 22.7. The number of hydrogen-bond donors (Lipinski definition) is 2. The van der Waals surface area contributed by atoms with Crippen LogP contribution >= 0.6 is 0 Å². The van der Waals surface area contributed by atoms with Crippen LogP contribution in [0, 0.1) is 0 Å². The number of ether oxygens (including phenoxy) is 1. The zero-order valence-electron chi connectivity index (χ0n) is 20.8. The van der Waals surface area contributed by atoms with Gasteiger partial charge in [0.25, 0.3) is 0 Å². The predicted octanol–water partition coefficient (Wildman–Crippen LogP) is 8.04. The number of aliphatic hydroxyl groups is 2. The Morgan fingerprint density at radius 2 is 1.03 bits per heavy atom. The molecule has 0 aromatic heterocycles. The molecule has 180 valence electrons. The van der Waals surface area contributed by atoms with Crippen LogP contribution in [0.5, 0.6) is 5.75 Å². The smallest absolute Gasteiger partial charge is 0.178 e. The molecule has 31 heavy (non-hydrogen) atoms. The van der Waals surface area contributed by atoms with Gasteiger partial charge >= 0.3 is 0 Å². The summed E-state index contributed by atoms with van der Waals surface area (Å²) in [4.78, 5) is 0. The highest BCUT2D eigenvalue weighted by Gasteiger charge is 2.17. The standard InChI is InChI=1S/C28H50O3/c1-4-6-8-10-12-14-16-18-20-24-25(21-19-17-15-13-11-9-7-5-2)27(31-3)23-22-26(24)28(29)30/h22-23,28-30H,4-21H2,1-3H3. The van der Waals surface area contributed by atoms with Gasteiger partial charge in [-0.2, -0.15) is 0 Å². The lowest BCUT2D eigenvalue weighted by Gasteiger charge is -2.19. The lowest BCUT2D eigenvalue weighted by atomic mass is 9.91.